The first kappa shape index (κ1) is 14.6. The molecule has 2 atom stereocenters. The topological polar surface area (TPSA) is 28.2 Å². The second kappa shape index (κ2) is 5.47. The highest BCUT2D eigenvalue weighted by Gasteiger charge is 2.32. The van der Waals surface area contributed by atoms with Gasteiger partial charge in [0.15, 0.2) is 0 Å². The zero-order valence-electron chi connectivity index (χ0n) is 13.5. The molecular weight excluding hydrogens is 274 g/mol. The first-order valence-corrected chi connectivity index (χ1v) is 11.4. The number of pyridine rings is 1. The minimum Gasteiger partial charge on any atom is -0.353 e. The van der Waals surface area contributed by atoms with E-state index in [2.05, 4.69) is 59.3 Å². The third-order valence-corrected chi connectivity index (χ3v) is 5.08. The van der Waals surface area contributed by atoms with Gasteiger partial charge in [0.05, 0.1) is 0 Å². The maximum absolute atomic E-state index is 4.67. The van der Waals surface area contributed by atoms with Crippen LogP contribution in [0.2, 0.25) is 19.6 Å². The molecule has 2 aliphatic heterocycles. The number of piperazine rings is 1. The average Bonchev–Trinajstić information content (AvgIpc) is 2.75. The van der Waals surface area contributed by atoms with Gasteiger partial charge >= 0.3 is 0 Å². The SMILES string of the molecule is Cc1cc(N2CC3CCC(C2)N3)ncc1C#C[Si](C)(C)C. The van der Waals surface area contributed by atoms with Crippen molar-refractivity contribution in [2.75, 3.05) is 18.0 Å². The van der Waals surface area contributed by atoms with Gasteiger partial charge < -0.3 is 10.2 Å². The van der Waals surface area contributed by atoms with Gasteiger partial charge in [0.1, 0.15) is 13.9 Å². The van der Waals surface area contributed by atoms with Crippen LogP contribution in [0.15, 0.2) is 12.3 Å². The van der Waals surface area contributed by atoms with Crippen molar-refractivity contribution in [3.63, 3.8) is 0 Å². The second-order valence-corrected chi connectivity index (χ2v) is 12.2. The molecule has 2 aliphatic rings. The highest BCUT2D eigenvalue weighted by molar-refractivity contribution is 6.83. The van der Waals surface area contributed by atoms with Crippen molar-refractivity contribution in [3.8, 4) is 11.5 Å². The number of rotatable bonds is 1. The predicted octanol–water partition coefficient (Wildman–Crippen LogP) is 2.56. The minimum atomic E-state index is -1.33. The fraction of sp³-hybridized carbons (Fsp3) is 0.588. The Bertz CT molecular complexity index is 582. The maximum Gasteiger partial charge on any atom is 0.129 e. The molecule has 1 N–H and O–H groups in total. The van der Waals surface area contributed by atoms with Gasteiger partial charge in [0.25, 0.3) is 0 Å². The van der Waals surface area contributed by atoms with Crippen LogP contribution < -0.4 is 10.2 Å². The van der Waals surface area contributed by atoms with Crippen molar-refractivity contribution in [3.05, 3.63) is 23.4 Å². The van der Waals surface area contributed by atoms with Crippen LogP contribution in [0.4, 0.5) is 5.82 Å². The minimum absolute atomic E-state index is 0.650. The molecule has 0 amide bonds. The Morgan fingerprint density at radius 1 is 1.24 bits per heavy atom. The monoisotopic (exact) mass is 299 g/mol. The van der Waals surface area contributed by atoms with E-state index in [4.69, 9.17) is 0 Å². The summed E-state index contributed by atoms with van der Waals surface area (Å²) < 4.78 is 0. The Morgan fingerprint density at radius 3 is 2.48 bits per heavy atom. The zero-order valence-corrected chi connectivity index (χ0v) is 14.5. The summed E-state index contributed by atoms with van der Waals surface area (Å²) in [7, 11) is -1.33. The van der Waals surface area contributed by atoms with E-state index in [9.17, 15) is 0 Å². The van der Waals surface area contributed by atoms with E-state index >= 15 is 0 Å². The molecule has 2 bridgehead atoms. The molecule has 0 aliphatic carbocycles. The molecule has 3 rings (SSSR count). The van der Waals surface area contributed by atoms with Crippen molar-refractivity contribution in [2.45, 2.75) is 51.5 Å². The van der Waals surface area contributed by atoms with Crippen molar-refractivity contribution >= 4 is 13.9 Å². The molecule has 2 fully saturated rings. The molecule has 21 heavy (non-hydrogen) atoms. The summed E-state index contributed by atoms with van der Waals surface area (Å²) in [5, 5.41) is 3.67. The number of fused-ring (bicyclic) bond motifs is 2. The van der Waals surface area contributed by atoms with Gasteiger partial charge in [-0.15, -0.1) is 5.54 Å². The average molecular weight is 299 g/mol. The molecule has 1 aromatic heterocycles. The van der Waals surface area contributed by atoms with Gasteiger partial charge in [0, 0.05) is 36.9 Å². The lowest BCUT2D eigenvalue weighted by atomic mass is 10.1. The fourth-order valence-electron chi connectivity index (χ4n) is 3.08. The number of anilines is 1. The third-order valence-electron chi connectivity index (χ3n) is 4.21. The van der Waals surface area contributed by atoms with Gasteiger partial charge in [-0.3, -0.25) is 0 Å². The summed E-state index contributed by atoms with van der Waals surface area (Å²) in [4.78, 5) is 7.10. The van der Waals surface area contributed by atoms with Crippen LogP contribution in [0.25, 0.3) is 0 Å². The molecule has 0 aromatic carbocycles. The first-order chi connectivity index (χ1) is 9.90. The van der Waals surface area contributed by atoms with Gasteiger partial charge in [0.2, 0.25) is 0 Å². The summed E-state index contributed by atoms with van der Waals surface area (Å²) >= 11 is 0. The maximum atomic E-state index is 4.67. The van der Waals surface area contributed by atoms with Crippen LogP contribution in [0, 0.1) is 18.4 Å². The predicted molar refractivity (Wildman–Crippen MR) is 91.4 cm³/mol. The lowest BCUT2D eigenvalue weighted by Crippen LogP contribution is -2.51. The van der Waals surface area contributed by atoms with Crippen LogP contribution in [-0.2, 0) is 0 Å². The number of aryl methyl sites for hydroxylation is 1. The Balaban J connectivity index is 1.79. The highest BCUT2D eigenvalue weighted by atomic mass is 28.3. The number of hydrogen-bond donors (Lipinski definition) is 1. The summed E-state index contributed by atoms with van der Waals surface area (Å²) in [5.41, 5.74) is 5.76. The normalized spacial score (nSPS) is 24.7. The Labute approximate surface area is 129 Å². The van der Waals surface area contributed by atoms with Gasteiger partial charge in [-0.1, -0.05) is 25.6 Å². The molecule has 3 heterocycles. The van der Waals surface area contributed by atoms with Crippen LogP contribution in [0.3, 0.4) is 0 Å². The number of hydrogen-bond acceptors (Lipinski definition) is 3. The van der Waals surface area contributed by atoms with E-state index in [0.29, 0.717) is 12.1 Å². The second-order valence-electron chi connectivity index (χ2n) is 7.40. The van der Waals surface area contributed by atoms with E-state index in [1.165, 1.54) is 18.4 Å². The molecular formula is C17H25N3Si. The number of nitrogens with zero attached hydrogens (tertiary/aromatic N) is 2. The quantitative estimate of drug-likeness (QED) is 0.638. The summed E-state index contributed by atoms with van der Waals surface area (Å²) in [5.74, 6) is 4.45. The van der Waals surface area contributed by atoms with Crippen molar-refractivity contribution in [1.82, 2.24) is 10.3 Å². The van der Waals surface area contributed by atoms with E-state index < -0.39 is 8.07 Å². The largest absolute Gasteiger partial charge is 0.353 e. The summed E-state index contributed by atoms with van der Waals surface area (Å²) in [6, 6.07) is 3.51. The summed E-state index contributed by atoms with van der Waals surface area (Å²) in [6.07, 6.45) is 4.57. The zero-order chi connectivity index (χ0) is 15.0. The first-order valence-electron chi connectivity index (χ1n) is 7.91. The van der Waals surface area contributed by atoms with Gasteiger partial charge in [-0.25, -0.2) is 4.98 Å². The molecule has 0 radical (unpaired) electrons. The standard InChI is InChI=1S/C17H25N3Si/c1-13-9-17(18-10-14(13)7-8-21(2,3)4)20-11-15-5-6-16(12-20)19-15/h9-10,15-16,19H,5-6,11-12H2,1-4H3. The van der Waals surface area contributed by atoms with Crippen molar-refractivity contribution in [1.29, 1.82) is 0 Å². The molecule has 112 valence electrons. The van der Waals surface area contributed by atoms with Gasteiger partial charge in [-0.05, 0) is 31.4 Å². The van der Waals surface area contributed by atoms with Gasteiger partial charge in [-0.2, -0.15) is 0 Å². The fourth-order valence-corrected chi connectivity index (χ4v) is 3.59. The Hall–Kier alpha value is -1.31. The molecule has 3 nitrogen and oxygen atoms in total. The molecule has 1 aromatic rings. The van der Waals surface area contributed by atoms with Crippen molar-refractivity contribution in [2.24, 2.45) is 0 Å². The highest BCUT2D eigenvalue weighted by Crippen LogP contribution is 2.24. The molecule has 0 spiro atoms. The van der Waals surface area contributed by atoms with Crippen LogP contribution in [0.1, 0.15) is 24.0 Å². The third kappa shape index (κ3) is 3.48. The molecule has 2 unspecified atom stereocenters. The van der Waals surface area contributed by atoms with Crippen LogP contribution in [0.5, 0.6) is 0 Å². The summed E-state index contributed by atoms with van der Waals surface area (Å²) in [6.45, 7) is 11.1. The smallest absolute Gasteiger partial charge is 0.129 e. The van der Waals surface area contributed by atoms with Crippen LogP contribution >= 0.6 is 0 Å². The molecule has 2 saturated heterocycles. The van der Waals surface area contributed by atoms with E-state index in [0.717, 1.165) is 24.5 Å². The lowest BCUT2D eigenvalue weighted by molar-refractivity contribution is 0.463. The Morgan fingerprint density at radius 2 is 1.90 bits per heavy atom. The van der Waals surface area contributed by atoms with Crippen molar-refractivity contribution < 1.29 is 0 Å². The van der Waals surface area contributed by atoms with E-state index in [1.54, 1.807) is 0 Å². The molecule has 0 saturated carbocycles. The number of aromatic nitrogens is 1. The van der Waals surface area contributed by atoms with E-state index in [1.807, 2.05) is 6.20 Å². The lowest BCUT2D eigenvalue weighted by Gasteiger charge is -2.33. The van der Waals surface area contributed by atoms with Crippen LogP contribution in [-0.4, -0.2) is 38.2 Å². The molecule has 4 heteroatoms. The Kier molecular flexibility index (Phi) is 3.81. The van der Waals surface area contributed by atoms with E-state index in [-0.39, 0.29) is 0 Å². The number of nitrogens with one attached hydrogen (secondary N) is 1.